The van der Waals surface area contributed by atoms with E-state index in [-0.39, 0.29) is 24.0 Å². The van der Waals surface area contributed by atoms with Crippen molar-refractivity contribution >= 4 is 17.4 Å². The Morgan fingerprint density at radius 1 is 1.18 bits per heavy atom. The van der Waals surface area contributed by atoms with Crippen LogP contribution < -0.4 is 9.47 Å². The second-order valence-corrected chi connectivity index (χ2v) is 8.52. The Labute approximate surface area is 197 Å². The number of aromatic nitrogens is 1. The topological polar surface area (TPSA) is 89.0 Å². The summed E-state index contributed by atoms with van der Waals surface area (Å²) >= 11 is 0. The van der Waals surface area contributed by atoms with Gasteiger partial charge in [-0.05, 0) is 60.0 Å². The number of pyridine rings is 1. The number of likely N-dealkylation sites (tertiary alicyclic amines) is 1. The number of hydrogen-bond donors (Lipinski definition) is 1. The van der Waals surface area contributed by atoms with Gasteiger partial charge in [0.25, 0.3) is 11.7 Å². The lowest BCUT2D eigenvalue weighted by molar-refractivity contribution is -0.140. The van der Waals surface area contributed by atoms with Crippen molar-refractivity contribution < 1.29 is 24.2 Å². The third-order valence-electron chi connectivity index (χ3n) is 6.22. The van der Waals surface area contributed by atoms with Gasteiger partial charge in [0.15, 0.2) is 0 Å². The first-order chi connectivity index (χ1) is 16.5. The van der Waals surface area contributed by atoms with Gasteiger partial charge in [0.1, 0.15) is 23.4 Å². The number of hydrogen-bond acceptors (Lipinski definition) is 6. The Kier molecular flexibility index (Phi) is 5.53. The van der Waals surface area contributed by atoms with E-state index in [1.165, 1.54) is 4.90 Å². The van der Waals surface area contributed by atoms with E-state index in [1.54, 1.807) is 62.0 Å². The minimum atomic E-state index is -0.755. The number of rotatable bonds is 5. The largest absolute Gasteiger partial charge is 0.507 e. The van der Waals surface area contributed by atoms with E-state index in [0.717, 1.165) is 16.9 Å². The number of carbonyl (C=O) groups excluding carboxylic acids is 2. The van der Waals surface area contributed by atoms with Crippen LogP contribution in [0.4, 0.5) is 0 Å². The maximum atomic E-state index is 13.2. The van der Waals surface area contributed by atoms with E-state index in [0.29, 0.717) is 23.3 Å². The van der Waals surface area contributed by atoms with Crippen molar-refractivity contribution in [2.24, 2.45) is 0 Å². The van der Waals surface area contributed by atoms with E-state index < -0.39 is 17.7 Å². The predicted molar refractivity (Wildman–Crippen MR) is 125 cm³/mol. The molecule has 0 unspecified atom stereocenters. The van der Waals surface area contributed by atoms with Crippen molar-refractivity contribution in [3.05, 3.63) is 94.8 Å². The Hall–Kier alpha value is -4.13. The number of fused-ring (bicyclic) bond motifs is 1. The molecular formula is C27H24N2O5. The molecule has 7 nitrogen and oxygen atoms in total. The summed E-state index contributed by atoms with van der Waals surface area (Å²) in [4.78, 5) is 32.0. The molecule has 3 heterocycles. The highest BCUT2D eigenvalue weighted by Gasteiger charge is 2.46. The maximum absolute atomic E-state index is 13.2. The number of benzene rings is 2. The molecule has 2 atom stereocenters. The van der Waals surface area contributed by atoms with Crippen LogP contribution in [0.5, 0.6) is 11.5 Å². The molecule has 1 N–H and O–H groups in total. The smallest absolute Gasteiger partial charge is 0.295 e. The molecule has 2 aliphatic rings. The van der Waals surface area contributed by atoms with Crippen LogP contribution in [0.1, 0.15) is 35.2 Å². The number of nitrogens with zero attached hydrogens (tertiary/aromatic N) is 2. The minimum absolute atomic E-state index is 0.0526. The highest BCUT2D eigenvalue weighted by molar-refractivity contribution is 6.46. The van der Waals surface area contributed by atoms with Gasteiger partial charge in [0.2, 0.25) is 0 Å². The van der Waals surface area contributed by atoms with Crippen LogP contribution in [0.2, 0.25) is 0 Å². The predicted octanol–water partition coefficient (Wildman–Crippen LogP) is 4.04. The summed E-state index contributed by atoms with van der Waals surface area (Å²) in [5.41, 5.74) is 2.98. The van der Waals surface area contributed by atoms with Crippen LogP contribution in [-0.4, -0.2) is 39.9 Å². The molecule has 2 aromatic carbocycles. The number of ketones is 1. The number of aliphatic hydroxyl groups is 1. The number of amides is 1. The molecule has 2 aliphatic heterocycles. The zero-order valence-electron chi connectivity index (χ0n) is 18.9. The summed E-state index contributed by atoms with van der Waals surface area (Å²) in [5, 5.41) is 11.3. The zero-order valence-corrected chi connectivity index (χ0v) is 18.9. The molecule has 1 aromatic heterocycles. The lowest BCUT2D eigenvalue weighted by Crippen LogP contribution is -2.29. The minimum Gasteiger partial charge on any atom is -0.507 e. The lowest BCUT2D eigenvalue weighted by atomic mass is 9.94. The van der Waals surface area contributed by atoms with E-state index in [4.69, 9.17) is 9.47 Å². The number of methoxy groups -OCH3 is 1. The summed E-state index contributed by atoms with van der Waals surface area (Å²) < 4.78 is 11.0. The summed E-state index contributed by atoms with van der Waals surface area (Å²) in [6.07, 6.45) is 4.08. The molecular weight excluding hydrogens is 432 g/mol. The van der Waals surface area contributed by atoms with E-state index >= 15 is 0 Å². The van der Waals surface area contributed by atoms with Gasteiger partial charge in [-0.2, -0.15) is 0 Å². The van der Waals surface area contributed by atoms with Crippen LogP contribution in [0.3, 0.4) is 0 Å². The molecule has 7 heteroatoms. The Balaban J connectivity index is 1.62. The second-order valence-electron chi connectivity index (χ2n) is 8.52. The third kappa shape index (κ3) is 3.79. The quantitative estimate of drug-likeness (QED) is 0.354. The van der Waals surface area contributed by atoms with Gasteiger partial charge >= 0.3 is 0 Å². The fourth-order valence-corrected chi connectivity index (χ4v) is 4.59. The molecule has 3 aromatic rings. The van der Waals surface area contributed by atoms with Crippen molar-refractivity contribution in [3.63, 3.8) is 0 Å². The van der Waals surface area contributed by atoms with Crippen molar-refractivity contribution in [3.8, 4) is 11.5 Å². The van der Waals surface area contributed by atoms with Gasteiger partial charge in [-0.25, -0.2) is 0 Å². The Morgan fingerprint density at radius 2 is 1.97 bits per heavy atom. The van der Waals surface area contributed by atoms with Crippen LogP contribution in [0.25, 0.3) is 5.76 Å². The fourth-order valence-electron chi connectivity index (χ4n) is 4.59. The molecule has 5 rings (SSSR count). The maximum Gasteiger partial charge on any atom is 0.295 e. The standard InChI is InChI=1S/C27H24N2O5/c1-16-12-20-13-19(7-10-22(20)34-16)25(30)23-24(18-5-8-21(33-2)9-6-18)29(27(32)26(23)31)15-17-4-3-11-28-14-17/h3-11,13-14,16,24,30H,12,15H2,1-2H3/t16-,24-/m0/s1. The van der Waals surface area contributed by atoms with E-state index in [9.17, 15) is 14.7 Å². The van der Waals surface area contributed by atoms with Crippen LogP contribution in [0, 0.1) is 0 Å². The van der Waals surface area contributed by atoms with Crippen molar-refractivity contribution in [2.75, 3.05) is 7.11 Å². The fraction of sp³-hybridized carbons (Fsp3) is 0.222. The molecule has 0 radical (unpaired) electrons. The monoisotopic (exact) mass is 456 g/mol. The van der Waals surface area contributed by atoms with E-state index in [1.807, 2.05) is 19.1 Å². The summed E-state index contributed by atoms with van der Waals surface area (Å²) in [6.45, 7) is 2.16. The number of aliphatic hydroxyl groups excluding tert-OH is 1. The number of Topliss-reactive ketones (excluding diaryl/α,β-unsaturated/α-hetero) is 1. The van der Waals surface area contributed by atoms with Crippen LogP contribution in [0.15, 0.2) is 72.6 Å². The van der Waals surface area contributed by atoms with Crippen molar-refractivity contribution in [1.29, 1.82) is 0 Å². The Morgan fingerprint density at radius 3 is 2.68 bits per heavy atom. The summed E-state index contributed by atoms with van der Waals surface area (Å²) in [5.74, 6) is -0.152. The highest BCUT2D eigenvalue weighted by atomic mass is 16.5. The molecule has 34 heavy (non-hydrogen) atoms. The Bertz CT molecular complexity index is 1280. The molecule has 172 valence electrons. The average Bonchev–Trinajstić information content (AvgIpc) is 3.35. The average molecular weight is 456 g/mol. The van der Waals surface area contributed by atoms with Gasteiger partial charge in [0, 0.05) is 30.9 Å². The molecule has 0 spiro atoms. The first-order valence-corrected chi connectivity index (χ1v) is 11.1. The first-order valence-electron chi connectivity index (χ1n) is 11.1. The number of carbonyl (C=O) groups is 2. The normalized spacial score (nSPS) is 20.8. The first kappa shape index (κ1) is 21.7. The molecule has 1 saturated heterocycles. The van der Waals surface area contributed by atoms with Gasteiger partial charge < -0.3 is 19.5 Å². The van der Waals surface area contributed by atoms with Crippen LogP contribution in [-0.2, 0) is 22.6 Å². The van der Waals surface area contributed by atoms with E-state index in [2.05, 4.69) is 4.98 Å². The SMILES string of the molecule is COc1ccc([C@H]2C(=C(O)c3ccc4c(c3)C[C@H](C)O4)C(=O)C(=O)N2Cc2cccnc2)cc1. The zero-order chi connectivity index (χ0) is 23.8. The number of ether oxygens (including phenoxy) is 2. The third-order valence-corrected chi connectivity index (χ3v) is 6.22. The van der Waals surface area contributed by atoms with Crippen LogP contribution >= 0.6 is 0 Å². The van der Waals surface area contributed by atoms with Gasteiger partial charge in [0.05, 0.1) is 18.7 Å². The van der Waals surface area contributed by atoms with Gasteiger partial charge in [-0.15, -0.1) is 0 Å². The lowest BCUT2D eigenvalue weighted by Gasteiger charge is -2.25. The summed E-state index contributed by atoms with van der Waals surface area (Å²) in [7, 11) is 1.57. The van der Waals surface area contributed by atoms with Gasteiger partial charge in [-0.3, -0.25) is 14.6 Å². The van der Waals surface area contributed by atoms with Gasteiger partial charge in [-0.1, -0.05) is 18.2 Å². The van der Waals surface area contributed by atoms with Crippen molar-refractivity contribution in [2.45, 2.75) is 32.0 Å². The summed E-state index contributed by atoms with van der Waals surface area (Å²) in [6, 6.07) is 15.4. The van der Waals surface area contributed by atoms with Crippen molar-refractivity contribution in [1.82, 2.24) is 9.88 Å². The highest BCUT2D eigenvalue weighted by Crippen LogP contribution is 2.41. The molecule has 0 bridgehead atoms. The molecule has 1 amide bonds. The molecule has 0 saturated carbocycles. The molecule has 1 fully saturated rings. The molecule has 0 aliphatic carbocycles. The second kappa shape index (κ2) is 8.67.